The highest BCUT2D eigenvalue weighted by Crippen LogP contribution is 2.24. The lowest BCUT2D eigenvalue weighted by Gasteiger charge is -2.31. The molecule has 1 heterocycles. The van der Waals surface area contributed by atoms with E-state index in [4.69, 9.17) is 0 Å². The number of nitrogens with one attached hydrogen (secondary N) is 1. The van der Waals surface area contributed by atoms with E-state index < -0.39 is 22.0 Å². The lowest BCUT2D eigenvalue weighted by atomic mass is 9.96. The number of carboxylic acid groups (broad SMARTS) is 1. The summed E-state index contributed by atoms with van der Waals surface area (Å²) in [4.78, 5) is 23.9. The molecule has 2 rings (SSSR count). The number of carbonyl (C=O) groups is 2. The van der Waals surface area contributed by atoms with E-state index in [0.717, 1.165) is 0 Å². The van der Waals surface area contributed by atoms with Crippen LogP contribution in [0, 0.1) is 11.8 Å². The van der Waals surface area contributed by atoms with Crippen LogP contribution in [0.4, 0.5) is 0 Å². The van der Waals surface area contributed by atoms with Crippen LogP contribution in [0.25, 0.3) is 0 Å². The fourth-order valence-electron chi connectivity index (χ4n) is 3.08. The third-order valence-corrected chi connectivity index (χ3v) is 6.44. The molecule has 0 unspecified atom stereocenters. The van der Waals surface area contributed by atoms with E-state index in [1.807, 2.05) is 13.8 Å². The van der Waals surface area contributed by atoms with Gasteiger partial charge in [-0.25, -0.2) is 13.2 Å². The van der Waals surface area contributed by atoms with Crippen molar-refractivity contribution < 1.29 is 23.1 Å². The molecule has 0 bridgehead atoms. The van der Waals surface area contributed by atoms with Gasteiger partial charge < -0.3 is 10.4 Å². The second kappa shape index (κ2) is 8.64. The van der Waals surface area contributed by atoms with Crippen LogP contribution >= 0.6 is 0 Å². The maximum absolute atomic E-state index is 12.6. The summed E-state index contributed by atoms with van der Waals surface area (Å²) >= 11 is 0. The molecule has 0 radical (unpaired) electrons. The molecule has 1 aromatic rings. The first-order valence-corrected chi connectivity index (χ1v) is 10.2. The van der Waals surface area contributed by atoms with E-state index >= 15 is 0 Å². The molecule has 2 N–H and O–H groups in total. The lowest BCUT2D eigenvalue weighted by molar-refractivity contribution is -0.143. The lowest BCUT2D eigenvalue weighted by Crippen LogP contribution is -2.47. The van der Waals surface area contributed by atoms with Gasteiger partial charge in [-0.2, -0.15) is 4.31 Å². The molecule has 1 aliphatic heterocycles. The van der Waals surface area contributed by atoms with Crippen LogP contribution in [0.2, 0.25) is 0 Å². The predicted molar refractivity (Wildman–Crippen MR) is 96.9 cm³/mol. The van der Waals surface area contributed by atoms with Crippen LogP contribution in [-0.4, -0.2) is 48.8 Å². The van der Waals surface area contributed by atoms with Gasteiger partial charge in [0.15, 0.2) is 0 Å². The van der Waals surface area contributed by atoms with E-state index in [1.165, 1.54) is 4.31 Å². The Kier molecular flexibility index (Phi) is 6.77. The Balaban J connectivity index is 1.95. The molecule has 1 aliphatic rings. The minimum Gasteiger partial charge on any atom is -0.480 e. The first-order valence-electron chi connectivity index (χ1n) is 8.80. The quantitative estimate of drug-likeness (QED) is 0.747. The Morgan fingerprint density at radius 2 is 1.77 bits per heavy atom. The van der Waals surface area contributed by atoms with Crippen molar-refractivity contribution in [1.82, 2.24) is 9.62 Å². The van der Waals surface area contributed by atoms with Crippen molar-refractivity contribution >= 4 is 21.9 Å². The normalized spacial score (nSPS) is 17.8. The number of benzene rings is 1. The number of rotatable bonds is 7. The number of hydrogen-bond donors (Lipinski definition) is 2. The van der Waals surface area contributed by atoms with Crippen molar-refractivity contribution in [1.29, 1.82) is 0 Å². The smallest absolute Gasteiger partial charge is 0.326 e. The number of nitrogens with zero attached hydrogens (tertiary/aromatic N) is 1. The van der Waals surface area contributed by atoms with Gasteiger partial charge in [0.1, 0.15) is 6.04 Å². The minimum absolute atomic E-state index is 0.147. The maximum Gasteiger partial charge on any atom is 0.326 e. The van der Waals surface area contributed by atoms with E-state index in [2.05, 4.69) is 5.32 Å². The highest BCUT2D eigenvalue weighted by molar-refractivity contribution is 7.89. The summed E-state index contributed by atoms with van der Waals surface area (Å²) in [7, 11) is -3.56. The Morgan fingerprint density at radius 1 is 1.19 bits per heavy atom. The fourth-order valence-corrected chi connectivity index (χ4v) is 4.57. The van der Waals surface area contributed by atoms with Crippen molar-refractivity contribution in [2.24, 2.45) is 11.8 Å². The standard InChI is InChI=1S/C18H26N2O5S/c1-13(2)12-16(18(22)23)19-17(21)14-8-10-20(11-9-14)26(24,25)15-6-4-3-5-7-15/h3-7,13-14,16H,8-12H2,1-2H3,(H,19,21)(H,22,23)/t16-/m1/s1. The zero-order chi connectivity index (χ0) is 19.3. The molecule has 1 saturated heterocycles. The van der Waals surface area contributed by atoms with Gasteiger partial charge in [0, 0.05) is 19.0 Å². The number of aliphatic carboxylic acids is 1. The fraction of sp³-hybridized carbons (Fsp3) is 0.556. The molecule has 7 nitrogen and oxygen atoms in total. The number of carboxylic acids is 1. The Labute approximate surface area is 154 Å². The second-order valence-electron chi connectivity index (χ2n) is 7.02. The molecule has 0 aliphatic carbocycles. The van der Waals surface area contributed by atoms with Crippen LogP contribution in [0.3, 0.4) is 0 Å². The third kappa shape index (κ3) is 5.04. The van der Waals surface area contributed by atoms with Gasteiger partial charge in [-0.15, -0.1) is 0 Å². The molecule has 144 valence electrons. The molecule has 8 heteroatoms. The number of amides is 1. The SMILES string of the molecule is CC(C)C[C@@H](NC(=O)C1CCN(S(=O)(=O)c2ccccc2)CC1)C(=O)O. The molecule has 1 fully saturated rings. The summed E-state index contributed by atoms with van der Waals surface area (Å²) in [5.74, 6) is -1.58. The minimum atomic E-state index is -3.56. The maximum atomic E-state index is 12.6. The highest BCUT2D eigenvalue weighted by Gasteiger charge is 2.33. The summed E-state index contributed by atoms with van der Waals surface area (Å²) < 4.78 is 26.6. The molecule has 0 aromatic heterocycles. The van der Waals surface area contributed by atoms with Crippen LogP contribution < -0.4 is 5.32 Å². The molecule has 26 heavy (non-hydrogen) atoms. The number of hydrogen-bond acceptors (Lipinski definition) is 4. The molecule has 1 amide bonds. The molecule has 1 atom stereocenters. The second-order valence-corrected chi connectivity index (χ2v) is 8.96. The van der Waals surface area contributed by atoms with Crippen LogP contribution in [0.15, 0.2) is 35.2 Å². The molecule has 1 aromatic carbocycles. The number of sulfonamides is 1. The van der Waals surface area contributed by atoms with Crippen molar-refractivity contribution in [2.45, 2.75) is 44.0 Å². The highest BCUT2D eigenvalue weighted by atomic mass is 32.2. The summed E-state index contributed by atoms with van der Waals surface area (Å²) in [5.41, 5.74) is 0. The molecule has 0 saturated carbocycles. The van der Waals surface area contributed by atoms with Crippen molar-refractivity contribution in [3.05, 3.63) is 30.3 Å². The van der Waals surface area contributed by atoms with Gasteiger partial charge >= 0.3 is 5.97 Å². The summed E-state index contributed by atoms with van der Waals surface area (Å²) in [6, 6.07) is 7.30. The van der Waals surface area contributed by atoms with Gasteiger partial charge in [0.2, 0.25) is 15.9 Å². The molecular weight excluding hydrogens is 356 g/mol. The topological polar surface area (TPSA) is 104 Å². The third-order valence-electron chi connectivity index (χ3n) is 4.53. The summed E-state index contributed by atoms with van der Waals surface area (Å²) in [6.45, 7) is 4.29. The Bertz CT molecular complexity index is 725. The Hall–Kier alpha value is -1.93. The van der Waals surface area contributed by atoms with Crippen molar-refractivity contribution in [3.63, 3.8) is 0 Å². The zero-order valence-electron chi connectivity index (χ0n) is 15.1. The van der Waals surface area contributed by atoms with E-state index in [1.54, 1.807) is 30.3 Å². The number of piperidine rings is 1. The van der Waals surface area contributed by atoms with Crippen LogP contribution in [-0.2, 0) is 19.6 Å². The van der Waals surface area contributed by atoms with Gasteiger partial charge in [-0.05, 0) is 37.3 Å². The predicted octanol–water partition coefficient (Wildman–Crippen LogP) is 1.70. The van der Waals surface area contributed by atoms with Gasteiger partial charge in [0.25, 0.3) is 0 Å². The van der Waals surface area contributed by atoms with Crippen LogP contribution in [0.5, 0.6) is 0 Å². The van der Waals surface area contributed by atoms with Crippen LogP contribution in [0.1, 0.15) is 33.1 Å². The molecule has 0 spiro atoms. The van der Waals surface area contributed by atoms with E-state index in [9.17, 15) is 23.1 Å². The summed E-state index contributed by atoms with van der Waals surface area (Å²) in [6.07, 6.45) is 1.13. The molecular formula is C18H26N2O5S. The summed E-state index contributed by atoms with van der Waals surface area (Å²) in [5, 5.41) is 11.8. The van der Waals surface area contributed by atoms with E-state index in [-0.39, 0.29) is 35.7 Å². The van der Waals surface area contributed by atoms with Gasteiger partial charge in [-0.3, -0.25) is 4.79 Å². The first kappa shape index (κ1) is 20.4. The zero-order valence-corrected chi connectivity index (χ0v) is 15.9. The van der Waals surface area contributed by atoms with Crippen molar-refractivity contribution in [3.8, 4) is 0 Å². The largest absolute Gasteiger partial charge is 0.480 e. The van der Waals surface area contributed by atoms with Crippen molar-refractivity contribution in [2.75, 3.05) is 13.1 Å². The average molecular weight is 382 g/mol. The van der Waals surface area contributed by atoms with Gasteiger partial charge in [-0.1, -0.05) is 32.0 Å². The van der Waals surface area contributed by atoms with E-state index in [0.29, 0.717) is 19.3 Å². The van der Waals surface area contributed by atoms with Gasteiger partial charge in [0.05, 0.1) is 4.90 Å². The average Bonchev–Trinajstić information content (AvgIpc) is 2.61. The number of carbonyl (C=O) groups excluding carboxylic acids is 1. The monoisotopic (exact) mass is 382 g/mol. The Morgan fingerprint density at radius 3 is 2.27 bits per heavy atom. The first-order chi connectivity index (χ1) is 12.2.